The molecule has 0 radical (unpaired) electrons. The predicted molar refractivity (Wildman–Crippen MR) is 91.4 cm³/mol. The quantitative estimate of drug-likeness (QED) is 0.812. The van der Waals surface area contributed by atoms with Crippen LogP contribution in [0.4, 0.5) is 13.2 Å². The molecule has 26 heavy (non-hydrogen) atoms. The lowest BCUT2D eigenvalue weighted by Crippen LogP contribution is -2.38. The number of halogens is 3. The molecule has 1 aliphatic rings. The van der Waals surface area contributed by atoms with E-state index in [0.29, 0.717) is 31.6 Å². The van der Waals surface area contributed by atoms with Crippen molar-refractivity contribution in [1.82, 2.24) is 10.3 Å². The van der Waals surface area contributed by atoms with E-state index < -0.39 is 11.9 Å². The molecule has 2 rings (SSSR count). The van der Waals surface area contributed by atoms with Crippen LogP contribution in [0.2, 0.25) is 0 Å². The number of carbonyl (C=O) groups excluding carboxylic acids is 1. The van der Waals surface area contributed by atoms with Crippen LogP contribution < -0.4 is 5.32 Å². The molecule has 1 aliphatic heterocycles. The van der Waals surface area contributed by atoms with Gasteiger partial charge in [-0.2, -0.15) is 13.2 Å². The van der Waals surface area contributed by atoms with E-state index in [2.05, 4.69) is 15.0 Å². The van der Waals surface area contributed by atoms with Crippen molar-refractivity contribution in [1.29, 1.82) is 0 Å². The molecule has 8 heteroatoms. The topological polar surface area (TPSA) is 60.5 Å². The molecule has 1 saturated heterocycles. The Hall–Kier alpha value is -1.67. The standard InChI is InChI=1S/C13H17F3N2O.C5H10O2/c1-12(2)18-10(8-19-12)7-6-9-4-3-5-11(17-9)13(14,15)16;1-5(2,3)7-4-6/h3-5,10,18H,6-8H2,1-2H3;4H,1-3H3. The minimum atomic E-state index is -4.38. The maximum absolute atomic E-state index is 12.5. The SMILES string of the molecule is CC(C)(C)OC=O.CC1(C)NC(CCc2cccc(C(F)(F)F)n2)CO1. The number of nitrogens with zero attached hydrogens (tertiary/aromatic N) is 1. The van der Waals surface area contributed by atoms with E-state index in [-0.39, 0.29) is 17.4 Å². The number of alkyl halides is 3. The van der Waals surface area contributed by atoms with Gasteiger partial charge in [-0.15, -0.1) is 0 Å². The fraction of sp³-hybridized carbons (Fsp3) is 0.667. The monoisotopic (exact) mass is 376 g/mol. The molecule has 0 aromatic carbocycles. The average Bonchev–Trinajstić information content (AvgIpc) is 2.83. The highest BCUT2D eigenvalue weighted by Crippen LogP contribution is 2.27. The second-order valence-electron chi connectivity index (χ2n) is 7.54. The zero-order valence-electron chi connectivity index (χ0n) is 15.8. The third-order valence-electron chi connectivity index (χ3n) is 3.44. The van der Waals surface area contributed by atoms with Gasteiger partial charge in [-0.3, -0.25) is 10.1 Å². The minimum Gasteiger partial charge on any atom is -0.462 e. The average molecular weight is 376 g/mol. The van der Waals surface area contributed by atoms with Crippen molar-refractivity contribution < 1.29 is 27.4 Å². The number of pyridine rings is 1. The summed E-state index contributed by atoms with van der Waals surface area (Å²) in [6.07, 6.45) is -3.18. The van der Waals surface area contributed by atoms with Gasteiger partial charge < -0.3 is 9.47 Å². The molecule has 0 aliphatic carbocycles. The van der Waals surface area contributed by atoms with Gasteiger partial charge >= 0.3 is 6.18 Å². The molecule has 1 atom stereocenters. The van der Waals surface area contributed by atoms with Crippen LogP contribution in [0.3, 0.4) is 0 Å². The predicted octanol–water partition coefficient (Wildman–Crippen LogP) is 3.72. The molecular formula is C18H27F3N2O3. The molecular weight excluding hydrogens is 349 g/mol. The number of hydrogen-bond donors (Lipinski definition) is 1. The highest BCUT2D eigenvalue weighted by atomic mass is 19.4. The Morgan fingerprint density at radius 3 is 2.42 bits per heavy atom. The first-order valence-corrected chi connectivity index (χ1v) is 8.39. The summed E-state index contributed by atoms with van der Waals surface area (Å²) >= 11 is 0. The summed E-state index contributed by atoms with van der Waals surface area (Å²) in [5.41, 5.74) is -1.05. The Balaban J connectivity index is 0.000000412. The summed E-state index contributed by atoms with van der Waals surface area (Å²) in [5.74, 6) is 0. The summed E-state index contributed by atoms with van der Waals surface area (Å²) in [7, 11) is 0. The lowest BCUT2D eigenvalue weighted by atomic mass is 10.1. The molecule has 0 bridgehead atoms. The van der Waals surface area contributed by atoms with Gasteiger partial charge in [0.15, 0.2) is 0 Å². The lowest BCUT2D eigenvalue weighted by Gasteiger charge is -2.18. The fourth-order valence-electron chi connectivity index (χ4n) is 2.28. The second kappa shape index (κ2) is 8.81. The normalized spacial score (nSPS) is 19.5. The Labute approximate surface area is 152 Å². The van der Waals surface area contributed by atoms with Crippen molar-refractivity contribution in [3.8, 4) is 0 Å². The Bertz CT molecular complexity index is 584. The molecule has 1 unspecified atom stereocenters. The van der Waals surface area contributed by atoms with E-state index in [1.165, 1.54) is 6.07 Å². The number of aryl methyl sites for hydroxylation is 1. The summed E-state index contributed by atoms with van der Waals surface area (Å²) in [4.78, 5) is 13.2. The maximum atomic E-state index is 12.5. The molecule has 0 amide bonds. The highest BCUT2D eigenvalue weighted by molar-refractivity contribution is 5.37. The van der Waals surface area contributed by atoms with Crippen LogP contribution in [0.5, 0.6) is 0 Å². The zero-order valence-corrected chi connectivity index (χ0v) is 15.8. The van der Waals surface area contributed by atoms with Gasteiger partial charge in [0.2, 0.25) is 0 Å². The minimum absolute atomic E-state index is 0.159. The van der Waals surface area contributed by atoms with Gasteiger partial charge in [0.1, 0.15) is 17.0 Å². The maximum Gasteiger partial charge on any atom is 0.433 e. The van der Waals surface area contributed by atoms with Gasteiger partial charge in [0, 0.05) is 11.7 Å². The van der Waals surface area contributed by atoms with E-state index in [9.17, 15) is 18.0 Å². The van der Waals surface area contributed by atoms with Gasteiger partial charge in [-0.1, -0.05) is 6.07 Å². The third-order valence-corrected chi connectivity index (χ3v) is 3.44. The van der Waals surface area contributed by atoms with Crippen molar-refractivity contribution in [2.75, 3.05) is 6.61 Å². The zero-order chi connectivity index (χ0) is 20.0. The molecule has 5 nitrogen and oxygen atoms in total. The highest BCUT2D eigenvalue weighted by Gasteiger charge is 2.33. The first-order chi connectivity index (χ1) is 11.8. The van der Waals surface area contributed by atoms with Crippen molar-refractivity contribution in [2.24, 2.45) is 0 Å². The largest absolute Gasteiger partial charge is 0.462 e. The van der Waals surface area contributed by atoms with E-state index in [1.807, 2.05) is 34.6 Å². The fourth-order valence-corrected chi connectivity index (χ4v) is 2.28. The first-order valence-electron chi connectivity index (χ1n) is 8.39. The number of hydrogen-bond acceptors (Lipinski definition) is 5. The van der Waals surface area contributed by atoms with Crippen LogP contribution in [-0.4, -0.2) is 35.4 Å². The molecule has 1 fully saturated rings. The van der Waals surface area contributed by atoms with Gasteiger partial charge in [0.05, 0.1) is 6.61 Å². The van der Waals surface area contributed by atoms with Crippen LogP contribution in [0, 0.1) is 0 Å². The molecule has 1 aromatic heterocycles. The van der Waals surface area contributed by atoms with Crippen molar-refractivity contribution in [2.45, 2.75) is 71.0 Å². The Morgan fingerprint density at radius 2 is 2.00 bits per heavy atom. The van der Waals surface area contributed by atoms with Gasteiger partial charge in [0.25, 0.3) is 6.47 Å². The van der Waals surface area contributed by atoms with Crippen LogP contribution in [0.25, 0.3) is 0 Å². The molecule has 1 N–H and O–H groups in total. The summed E-state index contributed by atoms with van der Waals surface area (Å²) in [6.45, 7) is 10.3. The van der Waals surface area contributed by atoms with Crippen LogP contribution in [0.15, 0.2) is 18.2 Å². The van der Waals surface area contributed by atoms with Gasteiger partial charge in [-0.05, 0) is 59.6 Å². The van der Waals surface area contributed by atoms with Crippen molar-refractivity contribution in [3.63, 3.8) is 0 Å². The second-order valence-corrected chi connectivity index (χ2v) is 7.54. The van der Waals surface area contributed by atoms with Gasteiger partial charge in [-0.25, -0.2) is 4.98 Å². The summed E-state index contributed by atoms with van der Waals surface area (Å²) < 4.78 is 47.6. The molecule has 1 aromatic rings. The molecule has 2 heterocycles. The summed E-state index contributed by atoms with van der Waals surface area (Å²) in [6, 6.07) is 4.17. The van der Waals surface area contributed by atoms with Crippen LogP contribution in [-0.2, 0) is 26.9 Å². The number of aromatic nitrogens is 1. The van der Waals surface area contributed by atoms with Crippen LogP contribution >= 0.6 is 0 Å². The number of ether oxygens (including phenoxy) is 2. The molecule has 148 valence electrons. The molecule has 0 saturated carbocycles. The number of carbonyl (C=O) groups is 1. The van der Waals surface area contributed by atoms with Crippen molar-refractivity contribution >= 4 is 6.47 Å². The number of nitrogens with one attached hydrogen (secondary N) is 1. The smallest absolute Gasteiger partial charge is 0.433 e. The Morgan fingerprint density at radius 1 is 1.35 bits per heavy atom. The van der Waals surface area contributed by atoms with E-state index in [4.69, 9.17) is 4.74 Å². The Kier molecular flexibility index (Phi) is 7.58. The van der Waals surface area contributed by atoms with E-state index in [0.717, 1.165) is 6.07 Å². The first kappa shape index (κ1) is 22.4. The van der Waals surface area contributed by atoms with Crippen molar-refractivity contribution in [3.05, 3.63) is 29.6 Å². The lowest BCUT2D eigenvalue weighted by molar-refractivity contribution is -0.141. The van der Waals surface area contributed by atoms with E-state index >= 15 is 0 Å². The third kappa shape index (κ3) is 8.62. The van der Waals surface area contributed by atoms with Crippen LogP contribution in [0.1, 0.15) is 52.4 Å². The number of rotatable bonds is 4. The summed E-state index contributed by atoms with van der Waals surface area (Å²) in [5, 5.41) is 3.27. The van der Waals surface area contributed by atoms with E-state index in [1.54, 1.807) is 6.07 Å². The molecule has 0 spiro atoms.